The molecule has 8 heteroatoms. The average molecular weight is 399 g/mol. The Kier molecular flexibility index (Phi) is 7.79. The lowest BCUT2D eigenvalue weighted by Crippen LogP contribution is -2.43. The average Bonchev–Trinajstić information content (AvgIpc) is 2.95. The first-order chi connectivity index (χ1) is 13.6. The van der Waals surface area contributed by atoms with E-state index in [1.165, 1.54) is 0 Å². The Morgan fingerprint density at radius 2 is 2.00 bits per heavy atom. The van der Waals surface area contributed by atoms with Gasteiger partial charge in [-0.05, 0) is 63.6 Å². The summed E-state index contributed by atoms with van der Waals surface area (Å²) in [5, 5.41) is 0. The van der Waals surface area contributed by atoms with Crippen molar-refractivity contribution in [2.75, 3.05) is 32.8 Å². The number of amides is 1. The fourth-order valence-electron chi connectivity index (χ4n) is 4.55. The molecule has 2 saturated heterocycles. The van der Waals surface area contributed by atoms with Gasteiger partial charge < -0.3 is 14.5 Å². The minimum Gasteiger partial charge on any atom is -0.450 e. The molecule has 0 aromatic rings. The van der Waals surface area contributed by atoms with E-state index >= 15 is 0 Å². The van der Waals surface area contributed by atoms with Gasteiger partial charge in [-0.1, -0.05) is 6.08 Å². The van der Waals surface area contributed by atoms with Crippen molar-refractivity contribution >= 4 is 12.3 Å². The summed E-state index contributed by atoms with van der Waals surface area (Å²) in [6.07, 6.45) is 8.16. The minimum atomic E-state index is -2.81. The molecule has 0 radical (unpaired) electrons. The van der Waals surface area contributed by atoms with Crippen LogP contribution in [0.3, 0.4) is 0 Å². The third-order valence-electron chi connectivity index (χ3n) is 5.96. The second-order valence-corrected chi connectivity index (χ2v) is 7.60. The highest BCUT2D eigenvalue weighted by atomic mass is 19.3. The van der Waals surface area contributed by atoms with Crippen molar-refractivity contribution in [1.82, 2.24) is 9.80 Å². The van der Waals surface area contributed by atoms with E-state index in [1.54, 1.807) is 6.21 Å². The number of dihydropyridines is 1. The van der Waals surface area contributed by atoms with E-state index in [0.717, 1.165) is 63.9 Å². The topological polar surface area (TPSA) is 54.4 Å². The molecule has 2 fully saturated rings. The van der Waals surface area contributed by atoms with Crippen molar-refractivity contribution in [1.29, 1.82) is 0 Å². The number of carbonyl (C=O) groups excluding carboxylic acids is 1. The fraction of sp³-hybridized carbons (Fsp3) is 0.800. The summed E-state index contributed by atoms with van der Waals surface area (Å²) in [6, 6.07) is 0.465. The van der Waals surface area contributed by atoms with E-state index in [-0.39, 0.29) is 12.0 Å². The monoisotopic (exact) mass is 399 g/mol. The zero-order valence-electron chi connectivity index (χ0n) is 16.6. The smallest absolute Gasteiger partial charge is 0.409 e. The molecule has 6 nitrogen and oxygen atoms in total. The molecule has 0 bridgehead atoms. The number of nitrogens with zero attached hydrogens (tertiary/aromatic N) is 3. The van der Waals surface area contributed by atoms with Crippen LogP contribution in [0.2, 0.25) is 0 Å². The van der Waals surface area contributed by atoms with E-state index < -0.39 is 12.8 Å². The van der Waals surface area contributed by atoms with Gasteiger partial charge in [0.15, 0.2) is 6.23 Å². The zero-order chi connectivity index (χ0) is 19.9. The van der Waals surface area contributed by atoms with Gasteiger partial charge in [0.1, 0.15) is 0 Å². The summed E-state index contributed by atoms with van der Waals surface area (Å²) in [5.41, 5.74) is 0.914. The van der Waals surface area contributed by atoms with Crippen molar-refractivity contribution in [2.45, 2.75) is 64.3 Å². The number of alkyl halides is 2. The molecular formula is C20H31F2N3O3. The summed E-state index contributed by atoms with van der Waals surface area (Å²) >= 11 is 0. The van der Waals surface area contributed by atoms with Crippen molar-refractivity contribution < 1.29 is 23.0 Å². The summed E-state index contributed by atoms with van der Waals surface area (Å²) in [6.45, 7) is 2.79. The van der Waals surface area contributed by atoms with Gasteiger partial charge in [0.2, 0.25) is 0 Å². The van der Waals surface area contributed by atoms with Crippen LogP contribution in [0.15, 0.2) is 16.6 Å². The standard InChI is InChI=1S/C20H31F2N3O3/c1-2-27-20(26)25-11-4-5-16(9-14-25)24-12-7-15(8-13-24)17-6-3-10-23-18(17)28-19(21)22/h6,10,15-16,18-19H,2-5,7-9,11-14H2,1H3. The van der Waals surface area contributed by atoms with E-state index in [4.69, 9.17) is 9.47 Å². The number of allylic oxidation sites excluding steroid dienone is 1. The molecule has 0 saturated carbocycles. The Morgan fingerprint density at radius 1 is 1.21 bits per heavy atom. The van der Waals surface area contributed by atoms with Crippen molar-refractivity contribution in [2.24, 2.45) is 10.9 Å². The highest BCUT2D eigenvalue weighted by molar-refractivity contribution is 5.67. The van der Waals surface area contributed by atoms with Crippen molar-refractivity contribution in [3.8, 4) is 0 Å². The van der Waals surface area contributed by atoms with Gasteiger partial charge in [0.25, 0.3) is 0 Å². The third-order valence-corrected chi connectivity index (χ3v) is 5.96. The lowest BCUT2D eigenvalue weighted by Gasteiger charge is -2.39. The number of rotatable bonds is 5. The molecule has 0 aliphatic carbocycles. The highest BCUT2D eigenvalue weighted by Crippen LogP contribution is 2.33. The Hall–Kier alpha value is -1.54. The van der Waals surface area contributed by atoms with Gasteiger partial charge >= 0.3 is 12.7 Å². The van der Waals surface area contributed by atoms with Crippen LogP contribution < -0.4 is 0 Å². The number of ether oxygens (including phenoxy) is 2. The summed E-state index contributed by atoms with van der Waals surface area (Å²) < 4.78 is 35.2. The summed E-state index contributed by atoms with van der Waals surface area (Å²) in [7, 11) is 0. The van der Waals surface area contributed by atoms with Gasteiger partial charge in [-0.3, -0.25) is 9.73 Å². The molecule has 1 amide bonds. The predicted octanol–water partition coefficient (Wildman–Crippen LogP) is 3.68. The van der Waals surface area contributed by atoms with Crippen LogP contribution in [0.1, 0.15) is 45.4 Å². The number of likely N-dealkylation sites (tertiary alicyclic amines) is 2. The minimum absolute atomic E-state index is 0.211. The Morgan fingerprint density at radius 3 is 2.71 bits per heavy atom. The number of hydrogen-bond donors (Lipinski definition) is 0. The second-order valence-electron chi connectivity index (χ2n) is 7.60. The number of carbonyl (C=O) groups is 1. The molecule has 3 aliphatic heterocycles. The molecule has 3 aliphatic rings. The molecule has 0 aromatic heterocycles. The summed E-state index contributed by atoms with van der Waals surface area (Å²) in [5.74, 6) is 0.249. The molecular weight excluding hydrogens is 368 g/mol. The first kappa shape index (κ1) is 21.2. The Labute approximate surface area is 165 Å². The van der Waals surface area contributed by atoms with Gasteiger partial charge in [0, 0.05) is 31.8 Å². The summed E-state index contributed by atoms with van der Waals surface area (Å²) in [4.78, 5) is 20.4. The van der Waals surface area contributed by atoms with Gasteiger partial charge in [-0.25, -0.2) is 4.79 Å². The van der Waals surface area contributed by atoms with Crippen LogP contribution in [0, 0.1) is 5.92 Å². The molecule has 3 heterocycles. The molecule has 0 spiro atoms. The lowest BCUT2D eigenvalue weighted by atomic mass is 9.86. The second kappa shape index (κ2) is 10.3. The van der Waals surface area contributed by atoms with E-state index in [0.29, 0.717) is 19.1 Å². The third kappa shape index (κ3) is 5.50. The highest BCUT2D eigenvalue weighted by Gasteiger charge is 2.32. The van der Waals surface area contributed by atoms with Crippen LogP contribution in [-0.4, -0.2) is 73.8 Å². The first-order valence-electron chi connectivity index (χ1n) is 10.4. The Bertz CT molecular complexity index is 577. The largest absolute Gasteiger partial charge is 0.450 e. The maximum absolute atomic E-state index is 12.7. The molecule has 158 valence electrons. The van der Waals surface area contributed by atoms with Crippen molar-refractivity contribution in [3.05, 3.63) is 11.6 Å². The SMILES string of the molecule is CCOC(=O)N1CCCC(N2CCC(C3=CCC=NC3OC(F)F)CC2)CC1. The van der Waals surface area contributed by atoms with E-state index in [9.17, 15) is 13.6 Å². The van der Waals surface area contributed by atoms with Crippen LogP contribution >= 0.6 is 0 Å². The number of halogens is 2. The number of aliphatic imine (C=N–C) groups is 1. The Balaban J connectivity index is 1.50. The molecule has 2 atom stereocenters. The van der Waals surface area contributed by atoms with Crippen molar-refractivity contribution in [3.63, 3.8) is 0 Å². The van der Waals surface area contributed by atoms with Gasteiger partial charge in [-0.15, -0.1) is 0 Å². The van der Waals surface area contributed by atoms with Crippen LogP contribution in [0.5, 0.6) is 0 Å². The molecule has 0 N–H and O–H groups in total. The molecule has 3 rings (SSSR count). The normalized spacial score (nSPS) is 27.6. The fourth-order valence-corrected chi connectivity index (χ4v) is 4.55. The maximum atomic E-state index is 12.7. The number of hydrogen-bond acceptors (Lipinski definition) is 5. The molecule has 28 heavy (non-hydrogen) atoms. The van der Waals surface area contributed by atoms with Crippen LogP contribution in [0.25, 0.3) is 0 Å². The van der Waals surface area contributed by atoms with Crippen LogP contribution in [-0.2, 0) is 9.47 Å². The van der Waals surface area contributed by atoms with E-state index in [1.807, 2.05) is 17.9 Å². The van der Waals surface area contributed by atoms with Crippen LogP contribution in [0.4, 0.5) is 13.6 Å². The quantitative estimate of drug-likeness (QED) is 0.662. The predicted molar refractivity (Wildman–Crippen MR) is 103 cm³/mol. The zero-order valence-corrected chi connectivity index (χ0v) is 16.6. The van der Waals surface area contributed by atoms with Gasteiger partial charge in [0.05, 0.1) is 6.61 Å². The molecule has 0 aromatic carbocycles. The van der Waals surface area contributed by atoms with Gasteiger partial charge in [-0.2, -0.15) is 8.78 Å². The van der Waals surface area contributed by atoms with E-state index in [2.05, 4.69) is 9.89 Å². The first-order valence-corrected chi connectivity index (χ1v) is 10.4. The molecule has 2 unspecified atom stereocenters. The number of piperidine rings is 1. The lowest BCUT2D eigenvalue weighted by molar-refractivity contribution is -0.152. The maximum Gasteiger partial charge on any atom is 0.409 e.